The molecule has 0 unspecified atom stereocenters. The molecule has 0 spiro atoms. The van der Waals surface area contributed by atoms with Crippen LogP contribution in [0.4, 0.5) is 0 Å². The van der Waals surface area contributed by atoms with Crippen LogP contribution in [0.1, 0.15) is 0 Å². The molecule has 5 heteroatoms. The fraction of sp³-hybridized carbons (Fsp3) is 0. The molecule has 1 aliphatic heterocycles. The van der Waals surface area contributed by atoms with Gasteiger partial charge >= 0.3 is 0 Å². The average Bonchev–Trinajstić information content (AvgIpc) is 4.33. The minimum atomic E-state index is -3.09. The highest BCUT2D eigenvalue weighted by Gasteiger charge is 2.56. The standard InChI is InChI=1S/C72H49N3Si2/c1-5-23-50(24-6-1)73-66-45-41-51(74-63-34-16-13-31-57(63)58-32-14-17-35-64(58)74)47-61(66)62-48-52(42-46-67(62)73)75-65-36-18-15-33-59(65)60-44-43-56(49-68(60)75)77(55-29-11-4-12-30-55)71-39-21-19-37-69(71)76(53-25-7-2-8-26-53,54-27-9-3-10-28-54)70-38-20-22-40-72(70)77/h1-49H. The summed E-state index contributed by atoms with van der Waals surface area (Å²) >= 11 is 0. The number of aromatic nitrogens is 3. The second-order valence-corrected chi connectivity index (χ2v) is 28.2. The van der Waals surface area contributed by atoms with Crippen molar-refractivity contribution < 1.29 is 0 Å². The Kier molecular flexibility index (Phi) is 9.68. The molecule has 0 aliphatic carbocycles. The lowest BCUT2D eigenvalue weighted by Gasteiger charge is -2.48. The van der Waals surface area contributed by atoms with Gasteiger partial charge in [-0.2, -0.15) is 0 Å². The second-order valence-electron chi connectivity index (χ2n) is 20.7. The van der Waals surface area contributed by atoms with Crippen molar-refractivity contribution in [3.8, 4) is 17.1 Å². The molecule has 16 rings (SSSR count). The van der Waals surface area contributed by atoms with Gasteiger partial charge in [-0.3, -0.25) is 0 Å². The Balaban J connectivity index is 0.982. The molecule has 0 fully saturated rings. The molecule has 0 atom stereocenters. The lowest BCUT2D eigenvalue weighted by molar-refractivity contribution is 1.16. The lowest BCUT2D eigenvalue weighted by atomic mass is 10.1. The van der Waals surface area contributed by atoms with Gasteiger partial charge in [-0.25, -0.2) is 0 Å². The Morgan fingerprint density at radius 1 is 0.182 bits per heavy atom. The Labute approximate surface area is 448 Å². The molecule has 4 heterocycles. The number of hydrogen-bond acceptors (Lipinski definition) is 0. The molecule has 0 radical (unpaired) electrons. The van der Waals surface area contributed by atoms with Crippen molar-refractivity contribution in [2.24, 2.45) is 0 Å². The van der Waals surface area contributed by atoms with Gasteiger partial charge in [-0.15, -0.1) is 0 Å². The third-order valence-electron chi connectivity index (χ3n) is 17.0. The van der Waals surface area contributed by atoms with E-state index < -0.39 is 16.1 Å². The number of rotatable bonds is 7. The van der Waals surface area contributed by atoms with Crippen molar-refractivity contribution in [2.45, 2.75) is 0 Å². The molecule has 0 saturated heterocycles. The maximum Gasteiger partial charge on any atom is 0.179 e. The Hall–Kier alpha value is -9.53. The lowest BCUT2D eigenvalue weighted by Crippen LogP contribution is -2.93. The fourth-order valence-corrected chi connectivity index (χ4v) is 26.1. The minimum absolute atomic E-state index is 1.13. The summed E-state index contributed by atoms with van der Waals surface area (Å²) in [5, 5.41) is 18.9. The van der Waals surface area contributed by atoms with E-state index in [0.717, 1.165) is 17.1 Å². The largest absolute Gasteiger partial charge is 0.309 e. The van der Waals surface area contributed by atoms with E-state index >= 15 is 0 Å². The predicted octanol–water partition coefficient (Wildman–Crippen LogP) is 12.0. The third kappa shape index (κ3) is 6.12. The van der Waals surface area contributed by atoms with Crippen molar-refractivity contribution in [2.75, 3.05) is 0 Å². The van der Waals surface area contributed by atoms with Crippen molar-refractivity contribution >= 4 is 123 Å². The predicted molar refractivity (Wildman–Crippen MR) is 330 cm³/mol. The van der Waals surface area contributed by atoms with E-state index in [1.165, 1.54) is 107 Å². The maximum absolute atomic E-state index is 3.09. The molecule has 77 heavy (non-hydrogen) atoms. The first-order chi connectivity index (χ1) is 38.2. The van der Waals surface area contributed by atoms with Gasteiger partial charge in [0, 0.05) is 49.4 Å². The van der Waals surface area contributed by atoms with Crippen molar-refractivity contribution in [1.29, 1.82) is 0 Å². The van der Waals surface area contributed by atoms with Crippen molar-refractivity contribution in [3.63, 3.8) is 0 Å². The van der Waals surface area contributed by atoms with Gasteiger partial charge in [0.2, 0.25) is 0 Å². The quantitative estimate of drug-likeness (QED) is 0.141. The summed E-state index contributed by atoms with van der Waals surface area (Å²) in [4.78, 5) is 0. The van der Waals surface area contributed by atoms with E-state index in [-0.39, 0.29) is 0 Å². The van der Waals surface area contributed by atoms with Gasteiger partial charge in [0.25, 0.3) is 0 Å². The first-order valence-electron chi connectivity index (χ1n) is 26.8. The van der Waals surface area contributed by atoms with E-state index in [0.29, 0.717) is 0 Å². The normalized spacial score (nSPS) is 13.7. The van der Waals surface area contributed by atoms with Crippen LogP contribution in [0.3, 0.4) is 0 Å². The summed E-state index contributed by atoms with van der Waals surface area (Å²) in [5.41, 5.74) is 10.6. The fourth-order valence-electron chi connectivity index (χ4n) is 14.0. The van der Waals surface area contributed by atoms with Crippen LogP contribution >= 0.6 is 0 Å². The monoisotopic (exact) mass is 1010 g/mol. The average molecular weight is 1010 g/mol. The number of fused-ring (bicyclic) bond motifs is 11. The van der Waals surface area contributed by atoms with Crippen LogP contribution < -0.4 is 41.5 Å². The Morgan fingerprint density at radius 3 is 0.922 bits per heavy atom. The van der Waals surface area contributed by atoms with Gasteiger partial charge in [0.15, 0.2) is 16.1 Å². The summed E-state index contributed by atoms with van der Waals surface area (Å²) in [6, 6.07) is 113. The zero-order valence-electron chi connectivity index (χ0n) is 42.1. The summed E-state index contributed by atoms with van der Waals surface area (Å²) in [7, 11) is -5.96. The topological polar surface area (TPSA) is 14.8 Å². The first-order valence-corrected chi connectivity index (χ1v) is 30.8. The molecule has 0 bridgehead atoms. The summed E-state index contributed by atoms with van der Waals surface area (Å²) in [6.45, 7) is 0. The maximum atomic E-state index is 2.60. The van der Waals surface area contributed by atoms with Crippen molar-refractivity contribution in [1.82, 2.24) is 13.7 Å². The first kappa shape index (κ1) is 43.8. The molecule has 0 saturated carbocycles. The number of nitrogens with zero attached hydrogens (tertiary/aromatic N) is 3. The molecule has 1 aliphatic rings. The van der Waals surface area contributed by atoms with Gasteiger partial charge in [-0.1, -0.05) is 224 Å². The van der Waals surface area contributed by atoms with Crippen LogP contribution in [0, 0.1) is 0 Å². The molecule has 0 amide bonds. The highest BCUT2D eigenvalue weighted by Crippen LogP contribution is 2.39. The zero-order chi connectivity index (χ0) is 50.7. The van der Waals surface area contributed by atoms with Crippen LogP contribution in [0.25, 0.3) is 82.5 Å². The zero-order valence-corrected chi connectivity index (χ0v) is 44.1. The smallest absolute Gasteiger partial charge is 0.179 e. The Bertz CT molecular complexity index is 4660. The van der Waals surface area contributed by atoms with Crippen LogP contribution in [0.5, 0.6) is 0 Å². The van der Waals surface area contributed by atoms with Crippen LogP contribution in [0.2, 0.25) is 0 Å². The number of hydrogen-bond donors (Lipinski definition) is 0. The summed E-state index contributed by atoms with van der Waals surface area (Å²) < 4.78 is 7.43. The van der Waals surface area contributed by atoms with Gasteiger partial charge < -0.3 is 13.7 Å². The van der Waals surface area contributed by atoms with E-state index in [2.05, 4.69) is 311 Å². The molecular weight excluding hydrogens is 963 g/mol. The SMILES string of the molecule is c1ccc(-n2c3ccc(-n4c5ccccc5c5ccccc54)cc3c3cc(-n4c5ccccc5c5ccc([Si]6(c7ccccc7)c7ccccc7[Si](c7ccccc7)(c7ccccc7)c7ccccc76)cc54)ccc32)cc1. The van der Waals surface area contributed by atoms with Gasteiger partial charge in [0.05, 0.1) is 33.1 Å². The second kappa shape index (κ2) is 17.0. The molecule has 360 valence electrons. The van der Waals surface area contributed by atoms with E-state index in [9.17, 15) is 0 Å². The molecule has 3 aromatic heterocycles. The van der Waals surface area contributed by atoms with Gasteiger partial charge in [-0.05, 0) is 114 Å². The van der Waals surface area contributed by atoms with Crippen LogP contribution in [0.15, 0.2) is 297 Å². The summed E-state index contributed by atoms with van der Waals surface area (Å²) in [5.74, 6) is 0. The van der Waals surface area contributed by atoms with E-state index in [1.807, 2.05) is 0 Å². The van der Waals surface area contributed by atoms with Crippen LogP contribution in [-0.2, 0) is 0 Å². The Morgan fingerprint density at radius 2 is 0.494 bits per heavy atom. The molecular formula is C72H49N3Si2. The third-order valence-corrected chi connectivity index (χ3v) is 27.3. The number of benzene rings is 12. The molecule has 15 aromatic rings. The summed E-state index contributed by atoms with van der Waals surface area (Å²) in [6.07, 6.45) is 0. The molecule has 12 aromatic carbocycles. The molecule has 3 nitrogen and oxygen atoms in total. The molecule has 0 N–H and O–H groups in total. The minimum Gasteiger partial charge on any atom is -0.309 e. The van der Waals surface area contributed by atoms with Gasteiger partial charge in [0.1, 0.15) is 0 Å². The van der Waals surface area contributed by atoms with Crippen LogP contribution in [-0.4, -0.2) is 29.8 Å². The number of para-hydroxylation sites is 4. The highest BCUT2D eigenvalue weighted by molar-refractivity contribution is 7.33. The van der Waals surface area contributed by atoms with E-state index in [4.69, 9.17) is 0 Å². The van der Waals surface area contributed by atoms with Crippen molar-refractivity contribution in [3.05, 3.63) is 297 Å². The highest BCUT2D eigenvalue weighted by atomic mass is 28.3. The van der Waals surface area contributed by atoms with E-state index in [1.54, 1.807) is 0 Å².